The molecule has 0 unspecified atom stereocenters. The summed E-state index contributed by atoms with van der Waals surface area (Å²) in [5.74, 6) is 0.0451. The normalized spacial score (nSPS) is 21.8. The van der Waals surface area contributed by atoms with Gasteiger partial charge in [-0.25, -0.2) is 6.57 Å². The summed E-state index contributed by atoms with van der Waals surface area (Å²) in [7, 11) is 0. The zero-order valence-corrected chi connectivity index (χ0v) is 5.48. The number of rotatable bonds is 1. The SMILES string of the molecule is [C-]#[N+]C1(C(C)=O)CCC1. The molecule has 9 heavy (non-hydrogen) atoms. The van der Waals surface area contributed by atoms with E-state index < -0.39 is 5.54 Å². The molecule has 0 N–H and O–H groups in total. The fourth-order valence-electron chi connectivity index (χ4n) is 1.05. The van der Waals surface area contributed by atoms with Crippen molar-refractivity contribution in [3.63, 3.8) is 0 Å². The number of ketones is 1. The van der Waals surface area contributed by atoms with Crippen LogP contribution in [0.3, 0.4) is 0 Å². The Balaban J connectivity index is 2.71. The van der Waals surface area contributed by atoms with Gasteiger partial charge in [-0.1, -0.05) is 0 Å². The first-order chi connectivity index (χ1) is 4.21. The number of carbonyl (C=O) groups is 1. The van der Waals surface area contributed by atoms with Gasteiger partial charge in [-0.3, -0.25) is 4.79 Å². The molecular weight excluding hydrogens is 114 g/mol. The van der Waals surface area contributed by atoms with Gasteiger partial charge in [0.15, 0.2) is 0 Å². The second kappa shape index (κ2) is 1.84. The Bertz CT molecular complexity index is 174. The molecular formula is C7H9NO. The molecule has 1 fully saturated rings. The zero-order valence-electron chi connectivity index (χ0n) is 5.48. The largest absolute Gasteiger partial charge is 0.302 e. The Labute approximate surface area is 54.7 Å². The fourth-order valence-corrected chi connectivity index (χ4v) is 1.05. The van der Waals surface area contributed by atoms with Gasteiger partial charge in [-0.2, -0.15) is 0 Å². The number of hydrogen-bond acceptors (Lipinski definition) is 1. The lowest BCUT2D eigenvalue weighted by molar-refractivity contribution is -0.122. The van der Waals surface area contributed by atoms with Gasteiger partial charge in [-0.05, 0) is 6.42 Å². The molecule has 0 aromatic rings. The van der Waals surface area contributed by atoms with Crippen molar-refractivity contribution >= 4 is 5.78 Å². The predicted molar refractivity (Wildman–Crippen MR) is 33.9 cm³/mol. The molecule has 1 saturated carbocycles. The Morgan fingerprint density at radius 1 is 1.67 bits per heavy atom. The average molecular weight is 123 g/mol. The molecule has 1 aliphatic rings. The van der Waals surface area contributed by atoms with Crippen molar-refractivity contribution in [2.75, 3.05) is 0 Å². The van der Waals surface area contributed by atoms with Gasteiger partial charge in [0.2, 0.25) is 5.78 Å². The molecule has 1 aliphatic carbocycles. The standard InChI is InChI=1S/C7H9NO/c1-6(9)7(8-2)4-3-5-7/h3-5H2,1H3. The molecule has 0 aromatic carbocycles. The maximum atomic E-state index is 10.8. The van der Waals surface area contributed by atoms with E-state index in [9.17, 15) is 4.79 Å². The van der Waals surface area contributed by atoms with Crippen LogP contribution in [0.5, 0.6) is 0 Å². The minimum absolute atomic E-state index is 0.0451. The summed E-state index contributed by atoms with van der Waals surface area (Å²) in [6, 6.07) is 0. The summed E-state index contributed by atoms with van der Waals surface area (Å²) in [4.78, 5) is 14.1. The second-order valence-corrected chi connectivity index (χ2v) is 2.55. The van der Waals surface area contributed by atoms with Crippen LogP contribution in [-0.2, 0) is 4.79 Å². The molecule has 0 aliphatic heterocycles. The molecule has 1 rings (SSSR count). The van der Waals surface area contributed by atoms with E-state index in [0.29, 0.717) is 0 Å². The van der Waals surface area contributed by atoms with Crippen LogP contribution in [-0.4, -0.2) is 11.3 Å². The summed E-state index contributed by atoms with van der Waals surface area (Å²) in [6.45, 7) is 8.25. The quantitative estimate of drug-likeness (QED) is 0.483. The minimum atomic E-state index is -0.583. The van der Waals surface area contributed by atoms with Crippen molar-refractivity contribution in [1.29, 1.82) is 0 Å². The number of hydrogen-bond donors (Lipinski definition) is 0. The van der Waals surface area contributed by atoms with Crippen LogP contribution in [0.2, 0.25) is 0 Å². The van der Waals surface area contributed by atoms with Crippen LogP contribution < -0.4 is 0 Å². The third-order valence-electron chi connectivity index (χ3n) is 2.05. The highest BCUT2D eigenvalue weighted by Gasteiger charge is 2.48. The van der Waals surface area contributed by atoms with Gasteiger partial charge in [0.05, 0.1) is 0 Å². The third-order valence-corrected chi connectivity index (χ3v) is 2.05. The predicted octanol–water partition coefficient (Wildman–Crippen LogP) is 1.42. The van der Waals surface area contributed by atoms with Gasteiger partial charge < -0.3 is 4.85 Å². The van der Waals surface area contributed by atoms with Crippen LogP contribution >= 0.6 is 0 Å². The lowest BCUT2D eigenvalue weighted by Gasteiger charge is -2.26. The van der Waals surface area contributed by atoms with E-state index in [1.165, 1.54) is 6.92 Å². The molecule has 0 aromatic heterocycles. The van der Waals surface area contributed by atoms with Crippen LogP contribution in [0.1, 0.15) is 26.2 Å². The maximum Gasteiger partial charge on any atom is 0.289 e. The molecule has 0 bridgehead atoms. The summed E-state index contributed by atoms with van der Waals surface area (Å²) in [5, 5.41) is 0. The summed E-state index contributed by atoms with van der Waals surface area (Å²) in [5.41, 5.74) is -0.583. The smallest absolute Gasteiger partial charge is 0.289 e. The molecule has 0 atom stereocenters. The Morgan fingerprint density at radius 2 is 2.22 bits per heavy atom. The van der Waals surface area contributed by atoms with Crippen LogP contribution in [0, 0.1) is 6.57 Å². The average Bonchev–Trinajstić information content (AvgIpc) is 1.62. The Hall–Kier alpha value is -0.840. The first-order valence-electron chi connectivity index (χ1n) is 3.11. The number of nitrogens with zero attached hydrogens (tertiary/aromatic N) is 1. The summed E-state index contributed by atoms with van der Waals surface area (Å²) >= 11 is 0. The van der Waals surface area contributed by atoms with Crippen LogP contribution in [0.4, 0.5) is 0 Å². The Morgan fingerprint density at radius 3 is 2.22 bits per heavy atom. The molecule has 0 saturated heterocycles. The topological polar surface area (TPSA) is 21.4 Å². The molecule has 48 valence electrons. The van der Waals surface area contributed by atoms with Gasteiger partial charge in [0.1, 0.15) is 0 Å². The molecule has 0 amide bonds. The van der Waals surface area contributed by atoms with Gasteiger partial charge >= 0.3 is 0 Å². The van der Waals surface area contributed by atoms with E-state index >= 15 is 0 Å². The lowest BCUT2D eigenvalue weighted by atomic mass is 9.75. The highest BCUT2D eigenvalue weighted by Crippen LogP contribution is 2.36. The summed E-state index contributed by atoms with van der Waals surface area (Å²) < 4.78 is 0. The minimum Gasteiger partial charge on any atom is -0.302 e. The van der Waals surface area contributed by atoms with Crippen molar-refractivity contribution in [3.8, 4) is 0 Å². The van der Waals surface area contributed by atoms with Crippen LogP contribution in [0.25, 0.3) is 4.85 Å². The lowest BCUT2D eigenvalue weighted by Crippen LogP contribution is -2.40. The van der Waals surface area contributed by atoms with E-state index in [0.717, 1.165) is 19.3 Å². The molecule has 2 heteroatoms. The summed E-state index contributed by atoms with van der Waals surface area (Å²) in [6.07, 6.45) is 2.61. The van der Waals surface area contributed by atoms with Crippen LogP contribution in [0.15, 0.2) is 0 Å². The number of Topliss-reactive ketones (excluding diaryl/α,β-unsaturated/α-hetero) is 1. The van der Waals surface area contributed by atoms with Crippen molar-refractivity contribution in [1.82, 2.24) is 0 Å². The van der Waals surface area contributed by atoms with E-state index in [1.54, 1.807) is 0 Å². The van der Waals surface area contributed by atoms with Crippen molar-refractivity contribution in [2.24, 2.45) is 0 Å². The number of carbonyl (C=O) groups excluding carboxylic acids is 1. The van der Waals surface area contributed by atoms with E-state index in [1.807, 2.05) is 0 Å². The van der Waals surface area contributed by atoms with E-state index in [4.69, 9.17) is 6.57 Å². The molecule has 0 spiro atoms. The highest BCUT2D eigenvalue weighted by atomic mass is 16.1. The highest BCUT2D eigenvalue weighted by molar-refractivity contribution is 5.89. The van der Waals surface area contributed by atoms with Crippen molar-refractivity contribution < 1.29 is 4.79 Å². The van der Waals surface area contributed by atoms with Gasteiger partial charge in [0.25, 0.3) is 5.54 Å². The van der Waals surface area contributed by atoms with Gasteiger partial charge in [-0.15, -0.1) is 0 Å². The first-order valence-corrected chi connectivity index (χ1v) is 3.11. The van der Waals surface area contributed by atoms with Gasteiger partial charge in [0, 0.05) is 19.8 Å². The van der Waals surface area contributed by atoms with Crippen molar-refractivity contribution in [2.45, 2.75) is 31.7 Å². The van der Waals surface area contributed by atoms with Crippen molar-refractivity contribution in [3.05, 3.63) is 11.4 Å². The first kappa shape index (κ1) is 6.28. The van der Waals surface area contributed by atoms with E-state index in [2.05, 4.69) is 4.85 Å². The third kappa shape index (κ3) is 0.730. The molecule has 2 nitrogen and oxygen atoms in total. The molecule has 0 radical (unpaired) electrons. The maximum absolute atomic E-state index is 10.8. The second-order valence-electron chi connectivity index (χ2n) is 2.55. The Kier molecular flexibility index (Phi) is 1.28. The van der Waals surface area contributed by atoms with E-state index in [-0.39, 0.29) is 5.78 Å². The molecule has 0 heterocycles. The fraction of sp³-hybridized carbons (Fsp3) is 0.714. The monoisotopic (exact) mass is 123 g/mol. The zero-order chi connectivity index (χ0) is 6.91.